The molecule has 0 amide bonds. The molecule has 1 heterocycles. The molecule has 0 radical (unpaired) electrons. The lowest BCUT2D eigenvalue weighted by atomic mass is 10.1. The average Bonchev–Trinajstić information content (AvgIpc) is 2.78. The lowest BCUT2D eigenvalue weighted by molar-refractivity contribution is -0.133. The maximum atomic E-state index is 13.3. The van der Waals surface area contributed by atoms with Gasteiger partial charge in [-0.15, -0.1) is 0 Å². The highest BCUT2D eigenvalue weighted by Gasteiger charge is 2.27. The number of fused-ring (bicyclic) bond motifs is 1. The maximum Gasteiger partial charge on any atom is 0.308 e. The van der Waals surface area contributed by atoms with E-state index in [9.17, 15) is 24.0 Å². The first-order valence-corrected chi connectivity index (χ1v) is 10.6. The van der Waals surface area contributed by atoms with E-state index in [1.807, 2.05) is 0 Å². The highest BCUT2D eigenvalue weighted by Crippen LogP contribution is 2.47. The summed E-state index contributed by atoms with van der Waals surface area (Å²) in [6, 6.07) is 4.83. The third-order valence-electron chi connectivity index (χ3n) is 4.64. The van der Waals surface area contributed by atoms with Crippen molar-refractivity contribution in [2.45, 2.75) is 27.7 Å². The largest absolute Gasteiger partial charge is 0.492 e. The van der Waals surface area contributed by atoms with Crippen molar-refractivity contribution >= 4 is 34.8 Å². The third-order valence-corrected chi connectivity index (χ3v) is 4.64. The van der Waals surface area contributed by atoms with Crippen molar-refractivity contribution in [2.24, 2.45) is 0 Å². The Morgan fingerprint density at radius 2 is 1.14 bits per heavy atom. The Hall–Kier alpha value is -4.87. The van der Waals surface area contributed by atoms with E-state index in [2.05, 4.69) is 0 Å². The summed E-state index contributed by atoms with van der Waals surface area (Å²) < 4.78 is 37.6. The zero-order chi connectivity index (χ0) is 27.4. The molecule has 0 N–H and O–H groups in total. The molecule has 0 saturated heterocycles. The molecule has 3 aromatic rings. The minimum Gasteiger partial charge on any atom is -0.492 e. The van der Waals surface area contributed by atoms with Crippen LogP contribution in [0.15, 0.2) is 33.5 Å². The number of carbonyl (C=O) groups is 4. The Balaban J connectivity index is 2.48. The molecule has 0 aliphatic carbocycles. The summed E-state index contributed by atoms with van der Waals surface area (Å²) in [6.45, 7) is 4.59. The molecule has 0 aliphatic rings. The summed E-state index contributed by atoms with van der Waals surface area (Å²) >= 11 is 0. The molecule has 0 fully saturated rings. The first kappa shape index (κ1) is 26.7. The molecular weight excluding hydrogens is 492 g/mol. The minimum absolute atomic E-state index is 0.0510. The van der Waals surface area contributed by atoms with Crippen molar-refractivity contribution < 1.29 is 52.0 Å². The third kappa shape index (κ3) is 5.69. The molecule has 12 heteroatoms. The van der Waals surface area contributed by atoms with E-state index < -0.39 is 29.3 Å². The fourth-order valence-corrected chi connectivity index (χ4v) is 3.49. The predicted octanol–water partition coefficient (Wildman–Crippen LogP) is 3.18. The number of rotatable bonds is 7. The van der Waals surface area contributed by atoms with Crippen molar-refractivity contribution in [3.05, 3.63) is 34.5 Å². The Kier molecular flexibility index (Phi) is 7.81. The summed E-state index contributed by atoms with van der Waals surface area (Å²) in [5.41, 5.74) is -1.01. The fourth-order valence-electron chi connectivity index (χ4n) is 3.49. The fraction of sp³-hybridized carbons (Fsp3) is 0.240. The summed E-state index contributed by atoms with van der Waals surface area (Å²) in [6.07, 6.45) is 0. The molecule has 3 rings (SSSR count). The lowest BCUT2D eigenvalue weighted by Gasteiger charge is -2.17. The molecule has 194 valence electrons. The van der Waals surface area contributed by atoms with Crippen LogP contribution in [0.1, 0.15) is 27.7 Å². The molecule has 0 spiro atoms. The van der Waals surface area contributed by atoms with Crippen LogP contribution in [0.4, 0.5) is 0 Å². The van der Waals surface area contributed by atoms with Crippen LogP contribution in [0, 0.1) is 0 Å². The molecule has 0 saturated carbocycles. The van der Waals surface area contributed by atoms with Crippen LogP contribution < -0.4 is 33.8 Å². The second-order valence-electron chi connectivity index (χ2n) is 7.43. The SMILES string of the molecule is COc1c(OC(C)=O)ccc(OC(C)=O)c1-c1cc(=O)c2c(OC(C)=O)cc(OC(C)=O)c(OC)c2o1. The van der Waals surface area contributed by atoms with Gasteiger partial charge in [-0.1, -0.05) is 0 Å². The molecule has 0 aliphatic heterocycles. The number of benzene rings is 2. The maximum absolute atomic E-state index is 13.3. The van der Waals surface area contributed by atoms with Crippen LogP contribution in [0.3, 0.4) is 0 Å². The number of hydrogen-bond donors (Lipinski definition) is 0. The topological polar surface area (TPSA) is 154 Å². The van der Waals surface area contributed by atoms with E-state index in [1.165, 1.54) is 33.3 Å². The normalized spacial score (nSPS) is 10.4. The standard InChI is InChI=1S/C25H22O12/c1-11(26)33-16-7-8-17(34-12(2)27)23(31-5)22(16)18-9-15(30)21-19(35-13(3)28)10-20(36-14(4)29)24(32-6)25(21)37-18/h7-10H,1-6H3. The second kappa shape index (κ2) is 10.8. The van der Waals surface area contributed by atoms with Crippen molar-refractivity contribution in [1.82, 2.24) is 0 Å². The highest BCUT2D eigenvalue weighted by atomic mass is 16.6. The number of hydrogen-bond acceptors (Lipinski definition) is 12. The Morgan fingerprint density at radius 1 is 0.649 bits per heavy atom. The summed E-state index contributed by atoms with van der Waals surface area (Å²) in [4.78, 5) is 60.1. The average molecular weight is 514 g/mol. The van der Waals surface area contributed by atoms with Gasteiger partial charge in [0.05, 0.1) is 14.2 Å². The highest BCUT2D eigenvalue weighted by molar-refractivity contribution is 5.95. The molecule has 0 atom stereocenters. The van der Waals surface area contributed by atoms with Gasteiger partial charge in [-0.3, -0.25) is 24.0 Å². The quantitative estimate of drug-likeness (QED) is 0.336. The second-order valence-corrected chi connectivity index (χ2v) is 7.43. The van der Waals surface area contributed by atoms with Crippen LogP contribution in [0.2, 0.25) is 0 Å². The molecule has 0 bridgehead atoms. The zero-order valence-electron chi connectivity index (χ0n) is 20.7. The van der Waals surface area contributed by atoms with Crippen LogP contribution in [0.25, 0.3) is 22.3 Å². The van der Waals surface area contributed by atoms with Gasteiger partial charge in [-0.25, -0.2) is 0 Å². The van der Waals surface area contributed by atoms with Crippen LogP contribution in [-0.4, -0.2) is 38.1 Å². The molecule has 12 nitrogen and oxygen atoms in total. The monoisotopic (exact) mass is 514 g/mol. The van der Waals surface area contributed by atoms with Crippen molar-refractivity contribution in [3.63, 3.8) is 0 Å². The summed E-state index contributed by atoms with van der Waals surface area (Å²) in [5.74, 6) is -3.87. The Morgan fingerprint density at radius 3 is 1.68 bits per heavy atom. The minimum atomic E-state index is -0.753. The molecule has 37 heavy (non-hydrogen) atoms. The number of carbonyl (C=O) groups excluding carboxylic acids is 4. The van der Waals surface area contributed by atoms with Gasteiger partial charge >= 0.3 is 23.9 Å². The smallest absolute Gasteiger partial charge is 0.308 e. The lowest BCUT2D eigenvalue weighted by Crippen LogP contribution is -2.11. The summed E-state index contributed by atoms with van der Waals surface area (Å²) in [5, 5.41) is -0.198. The van der Waals surface area contributed by atoms with Gasteiger partial charge in [0.1, 0.15) is 28.2 Å². The number of ether oxygens (including phenoxy) is 6. The molecular formula is C25H22O12. The first-order valence-electron chi connectivity index (χ1n) is 10.6. The van der Waals surface area contributed by atoms with Gasteiger partial charge in [0.25, 0.3) is 0 Å². The van der Waals surface area contributed by atoms with Gasteiger partial charge < -0.3 is 32.8 Å². The molecule has 1 aromatic heterocycles. The van der Waals surface area contributed by atoms with Crippen LogP contribution in [-0.2, 0) is 19.2 Å². The van der Waals surface area contributed by atoms with Gasteiger partial charge in [0.2, 0.25) is 5.75 Å². The number of methoxy groups -OCH3 is 2. The van der Waals surface area contributed by atoms with Crippen molar-refractivity contribution in [3.8, 4) is 45.8 Å². The van der Waals surface area contributed by atoms with Gasteiger partial charge in [-0.05, 0) is 12.1 Å². The van der Waals surface area contributed by atoms with Crippen LogP contribution >= 0.6 is 0 Å². The van der Waals surface area contributed by atoms with E-state index in [-0.39, 0.29) is 56.8 Å². The van der Waals surface area contributed by atoms with Gasteiger partial charge in [0.15, 0.2) is 28.3 Å². The van der Waals surface area contributed by atoms with Crippen molar-refractivity contribution in [2.75, 3.05) is 14.2 Å². The predicted molar refractivity (Wildman–Crippen MR) is 126 cm³/mol. The van der Waals surface area contributed by atoms with Gasteiger partial charge in [-0.2, -0.15) is 0 Å². The van der Waals surface area contributed by atoms with Crippen LogP contribution in [0.5, 0.6) is 34.5 Å². The van der Waals surface area contributed by atoms with E-state index >= 15 is 0 Å². The van der Waals surface area contributed by atoms with Gasteiger partial charge in [0, 0.05) is 39.8 Å². The number of esters is 4. The van der Waals surface area contributed by atoms with E-state index in [4.69, 9.17) is 32.8 Å². The van der Waals surface area contributed by atoms with Crippen molar-refractivity contribution in [1.29, 1.82) is 0 Å². The zero-order valence-corrected chi connectivity index (χ0v) is 20.7. The summed E-state index contributed by atoms with van der Waals surface area (Å²) in [7, 11) is 2.51. The van der Waals surface area contributed by atoms with E-state index in [1.54, 1.807) is 0 Å². The molecule has 0 unspecified atom stereocenters. The Bertz CT molecular complexity index is 1480. The van der Waals surface area contributed by atoms with E-state index in [0.29, 0.717) is 0 Å². The Labute approximate surface area is 209 Å². The van der Waals surface area contributed by atoms with E-state index in [0.717, 1.165) is 32.9 Å². The first-order chi connectivity index (χ1) is 17.5. The molecule has 2 aromatic carbocycles.